The first-order valence-corrected chi connectivity index (χ1v) is 6.96. The van der Waals surface area contributed by atoms with Crippen LogP contribution >= 0.6 is 0 Å². The summed E-state index contributed by atoms with van der Waals surface area (Å²) in [5.74, 6) is -2.83. The second-order valence-electron chi connectivity index (χ2n) is 5.56. The van der Waals surface area contributed by atoms with Crippen molar-refractivity contribution >= 4 is 16.6 Å². The molecule has 0 bridgehead atoms. The molecule has 1 aliphatic carbocycles. The highest BCUT2D eigenvalue weighted by molar-refractivity contribution is 6.01. The lowest BCUT2D eigenvalue weighted by Gasteiger charge is -2.27. The van der Waals surface area contributed by atoms with Gasteiger partial charge in [0.25, 0.3) is 0 Å². The molecule has 20 heavy (non-hydrogen) atoms. The van der Waals surface area contributed by atoms with Crippen molar-refractivity contribution in [2.45, 2.75) is 31.6 Å². The lowest BCUT2D eigenvalue weighted by molar-refractivity contribution is -0.0424. The zero-order chi connectivity index (χ0) is 14.2. The third-order valence-electron chi connectivity index (χ3n) is 4.12. The lowest BCUT2D eigenvalue weighted by atomic mass is 9.82. The molecule has 0 unspecified atom stereocenters. The van der Waals surface area contributed by atoms with Crippen LogP contribution in [0.4, 0.5) is 8.78 Å². The van der Waals surface area contributed by atoms with Gasteiger partial charge in [-0.2, -0.15) is 0 Å². The summed E-state index contributed by atoms with van der Waals surface area (Å²) in [6, 6.07) is 13.4. The van der Waals surface area contributed by atoms with Crippen LogP contribution in [0.25, 0.3) is 10.8 Å². The molecule has 2 aromatic rings. The number of benzene rings is 2. The van der Waals surface area contributed by atoms with Crippen LogP contribution in [-0.4, -0.2) is 11.7 Å². The van der Waals surface area contributed by atoms with Crippen LogP contribution in [0.1, 0.15) is 36.0 Å². The van der Waals surface area contributed by atoms with Gasteiger partial charge in [-0.15, -0.1) is 0 Å². The second-order valence-corrected chi connectivity index (χ2v) is 5.56. The number of hydrogen-bond donors (Lipinski definition) is 0. The summed E-state index contributed by atoms with van der Waals surface area (Å²) < 4.78 is 26.3. The molecule has 1 saturated carbocycles. The Bertz CT molecular complexity index is 638. The average Bonchev–Trinajstić information content (AvgIpc) is 2.46. The molecule has 3 heteroatoms. The number of hydrogen-bond acceptors (Lipinski definition) is 1. The molecule has 3 rings (SSSR count). The van der Waals surface area contributed by atoms with Crippen LogP contribution in [0.5, 0.6) is 0 Å². The lowest BCUT2D eigenvalue weighted by Crippen LogP contribution is -2.28. The van der Waals surface area contributed by atoms with E-state index in [0.29, 0.717) is 18.4 Å². The predicted octanol–water partition coefficient (Wildman–Crippen LogP) is 4.85. The van der Waals surface area contributed by atoms with E-state index in [0.717, 1.165) is 10.8 Å². The van der Waals surface area contributed by atoms with Gasteiger partial charge in [0.2, 0.25) is 5.92 Å². The maximum absolute atomic E-state index is 13.1. The fourth-order valence-corrected chi connectivity index (χ4v) is 2.88. The Balaban J connectivity index is 1.82. The number of halogens is 2. The molecule has 0 spiro atoms. The van der Waals surface area contributed by atoms with Crippen molar-refractivity contribution in [3.05, 3.63) is 48.0 Å². The topological polar surface area (TPSA) is 17.1 Å². The maximum atomic E-state index is 13.1. The van der Waals surface area contributed by atoms with E-state index < -0.39 is 5.92 Å². The van der Waals surface area contributed by atoms with Crippen molar-refractivity contribution in [3.63, 3.8) is 0 Å². The summed E-state index contributed by atoms with van der Waals surface area (Å²) in [4.78, 5) is 12.4. The molecule has 1 fully saturated rings. The van der Waals surface area contributed by atoms with Crippen LogP contribution in [0, 0.1) is 5.92 Å². The summed E-state index contributed by atoms with van der Waals surface area (Å²) in [5, 5.41) is 2.10. The highest BCUT2D eigenvalue weighted by Crippen LogP contribution is 2.37. The molecule has 104 valence electrons. The summed E-state index contributed by atoms with van der Waals surface area (Å²) in [6.07, 6.45) is 0.241. The van der Waals surface area contributed by atoms with E-state index in [1.807, 2.05) is 36.4 Å². The number of rotatable bonds is 2. The third-order valence-corrected chi connectivity index (χ3v) is 4.12. The van der Waals surface area contributed by atoms with Gasteiger partial charge in [-0.05, 0) is 29.7 Å². The van der Waals surface area contributed by atoms with Gasteiger partial charge < -0.3 is 0 Å². The van der Waals surface area contributed by atoms with Crippen molar-refractivity contribution in [1.82, 2.24) is 0 Å². The molecule has 0 atom stereocenters. The van der Waals surface area contributed by atoms with Crippen LogP contribution in [0.2, 0.25) is 0 Å². The molecule has 1 nitrogen and oxygen atoms in total. The largest absolute Gasteiger partial charge is 0.294 e. The number of ketones is 1. The molecule has 2 aromatic carbocycles. The summed E-state index contributed by atoms with van der Waals surface area (Å²) in [7, 11) is 0. The Morgan fingerprint density at radius 2 is 1.65 bits per heavy atom. The Morgan fingerprint density at radius 3 is 2.35 bits per heavy atom. The molecule has 1 aliphatic rings. The fraction of sp³-hybridized carbons (Fsp3) is 0.353. The van der Waals surface area contributed by atoms with E-state index in [4.69, 9.17) is 0 Å². The van der Waals surface area contributed by atoms with Gasteiger partial charge in [0.05, 0.1) is 0 Å². The molecule has 0 N–H and O–H groups in total. The van der Waals surface area contributed by atoms with Gasteiger partial charge in [-0.25, -0.2) is 8.78 Å². The van der Waals surface area contributed by atoms with Crippen molar-refractivity contribution in [1.29, 1.82) is 0 Å². The molecule has 0 amide bonds. The van der Waals surface area contributed by atoms with E-state index in [1.54, 1.807) is 6.07 Å². The first-order chi connectivity index (χ1) is 9.55. The van der Waals surface area contributed by atoms with Crippen molar-refractivity contribution in [2.75, 3.05) is 0 Å². The van der Waals surface area contributed by atoms with Gasteiger partial charge in [-0.3, -0.25) is 4.79 Å². The summed E-state index contributed by atoms with van der Waals surface area (Å²) in [5.41, 5.74) is 0.638. The molecule has 0 saturated heterocycles. The Labute approximate surface area is 116 Å². The van der Waals surface area contributed by atoms with Gasteiger partial charge in [0.15, 0.2) is 5.78 Å². The summed E-state index contributed by atoms with van der Waals surface area (Å²) in [6.45, 7) is 0. The minimum absolute atomic E-state index is 0.00579. The van der Waals surface area contributed by atoms with E-state index in [2.05, 4.69) is 0 Å². The SMILES string of the molecule is O=C(c1ccc2ccccc2c1)C1CCC(F)(F)CC1. The number of Topliss-reactive ketones (excluding diaryl/α,β-unsaturated/α-hetero) is 1. The maximum Gasteiger partial charge on any atom is 0.248 e. The third kappa shape index (κ3) is 2.58. The zero-order valence-electron chi connectivity index (χ0n) is 11.1. The standard InChI is InChI=1S/C17H16F2O/c18-17(19)9-7-13(8-10-17)16(20)15-6-5-12-3-1-2-4-14(12)11-15/h1-6,11,13H,7-10H2. The van der Waals surface area contributed by atoms with Crippen LogP contribution in [-0.2, 0) is 0 Å². The predicted molar refractivity (Wildman–Crippen MR) is 75.2 cm³/mol. The number of fused-ring (bicyclic) bond motifs is 1. The minimum atomic E-state index is -2.58. The van der Waals surface area contributed by atoms with Crippen molar-refractivity contribution in [2.24, 2.45) is 5.92 Å². The highest BCUT2D eigenvalue weighted by Gasteiger charge is 2.37. The average molecular weight is 274 g/mol. The van der Waals surface area contributed by atoms with Crippen molar-refractivity contribution in [3.8, 4) is 0 Å². The van der Waals surface area contributed by atoms with Gasteiger partial charge in [0.1, 0.15) is 0 Å². The van der Waals surface area contributed by atoms with Crippen molar-refractivity contribution < 1.29 is 13.6 Å². The number of alkyl halides is 2. The van der Waals surface area contributed by atoms with Crippen LogP contribution in [0.15, 0.2) is 42.5 Å². The number of carbonyl (C=O) groups excluding carboxylic acids is 1. The molecule has 0 radical (unpaired) electrons. The molecule has 0 heterocycles. The minimum Gasteiger partial charge on any atom is -0.294 e. The first kappa shape index (κ1) is 13.2. The molecular weight excluding hydrogens is 258 g/mol. The molecular formula is C17H16F2O. The monoisotopic (exact) mass is 274 g/mol. The van der Waals surface area contributed by atoms with E-state index in [-0.39, 0.29) is 24.5 Å². The van der Waals surface area contributed by atoms with Gasteiger partial charge in [-0.1, -0.05) is 36.4 Å². The normalized spacial score (nSPS) is 19.1. The van der Waals surface area contributed by atoms with E-state index in [1.165, 1.54) is 0 Å². The molecule has 0 aromatic heterocycles. The highest BCUT2D eigenvalue weighted by atomic mass is 19.3. The zero-order valence-corrected chi connectivity index (χ0v) is 11.1. The Hall–Kier alpha value is -1.77. The van der Waals surface area contributed by atoms with E-state index >= 15 is 0 Å². The van der Waals surface area contributed by atoms with Crippen LogP contribution in [0.3, 0.4) is 0 Å². The van der Waals surface area contributed by atoms with Crippen LogP contribution < -0.4 is 0 Å². The van der Waals surface area contributed by atoms with Gasteiger partial charge in [0, 0.05) is 24.3 Å². The van der Waals surface area contributed by atoms with E-state index in [9.17, 15) is 13.6 Å². The first-order valence-electron chi connectivity index (χ1n) is 6.96. The smallest absolute Gasteiger partial charge is 0.248 e. The fourth-order valence-electron chi connectivity index (χ4n) is 2.88. The summed E-state index contributed by atoms with van der Waals surface area (Å²) >= 11 is 0. The second kappa shape index (κ2) is 4.97. The Morgan fingerprint density at radius 1 is 1.00 bits per heavy atom. The Kier molecular flexibility index (Phi) is 3.28. The quantitative estimate of drug-likeness (QED) is 0.715. The molecule has 0 aliphatic heterocycles. The van der Waals surface area contributed by atoms with Gasteiger partial charge >= 0.3 is 0 Å². The number of carbonyl (C=O) groups is 1.